The quantitative estimate of drug-likeness (QED) is 0.438. The highest BCUT2D eigenvalue weighted by atomic mass is 16.7. The molecule has 1 fully saturated rings. The zero-order valence-electron chi connectivity index (χ0n) is 5.72. The first-order valence-corrected chi connectivity index (χ1v) is 3.17. The number of ketones is 1. The van der Waals surface area contributed by atoms with Crippen LogP contribution in [0.1, 0.15) is 19.8 Å². The van der Waals surface area contributed by atoms with Gasteiger partial charge in [0.2, 0.25) is 5.78 Å². The van der Waals surface area contributed by atoms with Crippen molar-refractivity contribution in [1.82, 2.24) is 5.48 Å². The van der Waals surface area contributed by atoms with Gasteiger partial charge in [0.25, 0.3) is 0 Å². The molecule has 1 N–H and O–H groups in total. The minimum Gasteiger partial charge on any atom is -0.364 e. The number of rotatable bonds is 3. The van der Waals surface area contributed by atoms with Gasteiger partial charge >= 0.3 is 5.97 Å². The fourth-order valence-electron chi connectivity index (χ4n) is 0.410. The summed E-state index contributed by atoms with van der Waals surface area (Å²) < 4.78 is 0. The van der Waals surface area contributed by atoms with Crippen LogP contribution in [0, 0.1) is 0 Å². The maximum atomic E-state index is 10.4. The lowest BCUT2D eigenvalue weighted by molar-refractivity contribution is -0.159. The number of carbonyl (C=O) groups excluding carboxylic acids is 2. The van der Waals surface area contributed by atoms with Crippen LogP contribution in [-0.2, 0) is 14.4 Å². The summed E-state index contributed by atoms with van der Waals surface area (Å²) in [6, 6.07) is 0.281. The van der Waals surface area contributed by atoms with Crippen LogP contribution in [0.15, 0.2) is 0 Å². The van der Waals surface area contributed by atoms with Gasteiger partial charge in [0, 0.05) is 13.0 Å². The van der Waals surface area contributed by atoms with Crippen molar-refractivity contribution in [1.29, 1.82) is 0 Å². The molecule has 4 nitrogen and oxygen atoms in total. The van der Waals surface area contributed by atoms with Gasteiger partial charge in [-0.15, -0.1) is 5.48 Å². The predicted octanol–water partition coefficient (Wildman–Crippen LogP) is -0.214. The Morgan fingerprint density at radius 2 is 2.10 bits per heavy atom. The van der Waals surface area contributed by atoms with Crippen molar-refractivity contribution in [3.05, 3.63) is 0 Å². The van der Waals surface area contributed by atoms with Gasteiger partial charge < -0.3 is 4.84 Å². The van der Waals surface area contributed by atoms with Crippen molar-refractivity contribution in [2.45, 2.75) is 25.8 Å². The summed E-state index contributed by atoms with van der Waals surface area (Å²) in [6.07, 6.45) is 2.04. The predicted molar refractivity (Wildman–Crippen MR) is 32.9 cm³/mol. The van der Waals surface area contributed by atoms with Gasteiger partial charge in [-0.2, -0.15) is 0 Å². The largest absolute Gasteiger partial charge is 0.392 e. The molecule has 56 valence electrons. The molecule has 0 heterocycles. The van der Waals surface area contributed by atoms with Crippen molar-refractivity contribution < 1.29 is 14.4 Å². The lowest BCUT2D eigenvalue weighted by Gasteiger charge is -1.99. The summed E-state index contributed by atoms with van der Waals surface area (Å²) in [5.74, 6) is -1.39. The molecule has 0 radical (unpaired) electrons. The molecule has 0 unspecified atom stereocenters. The van der Waals surface area contributed by atoms with Crippen LogP contribution in [0.4, 0.5) is 0 Å². The van der Waals surface area contributed by atoms with Gasteiger partial charge in [0.15, 0.2) is 0 Å². The monoisotopic (exact) mass is 143 g/mol. The van der Waals surface area contributed by atoms with E-state index in [2.05, 4.69) is 10.3 Å². The number of hydrogen-bond donors (Lipinski definition) is 1. The molecule has 1 aliphatic carbocycles. The van der Waals surface area contributed by atoms with Crippen molar-refractivity contribution in [2.24, 2.45) is 0 Å². The topological polar surface area (TPSA) is 55.4 Å². The van der Waals surface area contributed by atoms with Crippen molar-refractivity contribution in [2.75, 3.05) is 0 Å². The van der Waals surface area contributed by atoms with Gasteiger partial charge in [-0.1, -0.05) is 0 Å². The first-order chi connectivity index (χ1) is 4.70. The molecule has 0 saturated heterocycles. The fourth-order valence-corrected chi connectivity index (χ4v) is 0.410. The molecule has 0 aromatic heterocycles. The smallest absolute Gasteiger partial charge is 0.364 e. The van der Waals surface area contributed by atoms with Crippen LogP contribution in [0.3, 0.4) is 0 Å². The van der Waals surface area contributed by atoms with E-state index in [1.54, 1.807) is 0 Å². The summed E-state index contributed by atoms with van der Waals surface area (Å²) in [7, 11) is 0. The molecule has 0 spiro atoms. The Morgan fingerprint density at radius 3 is 2.50 bits per heavy atom. The summed E-state index contributed by atoms with van der Waals surface area (Å²) in [5, 5.41) is 0. The minimum atomic E-state index is -0.813. The first-order valence-electron chi connectivity index (χ1n) is 3.17. The number of carbonyl (C=O) groups is 2. The molecule has 10 heavy (non-hydrogen) atoms. The van der Waals surface area contributed by atoms with E-state index in [4.69, 9.17) is 0 Å². The molecule has 0 atom stereocenters. The molecular weight excluding hydrogens is 134 g/mol. The third-order valence-corrected chi connectivity index (χ3v) is 1.18. The van der Waals surface area contributed by atoms with Crippen LogP contribution in [0.25, 0.3) is 0 Å². The molecule has 1 rings (SSSR count). The molecular formula is C6H9NO3. The van der Waals surface area contributed by atoms with Gasteiger partial charge in [-0.05, 0) is 12.8 Å². The SMILES string of the molecule is CC(=O)C(=O)ONC1CC1. The standard InChI is InChI=1S/C6H9NO3/c1-4(8)6(9)10-7-5-2-3-5/h5,7H,2-3H2,1H3. The van der Waals surface area contributed by atoms with Gasteiger partial charge in [0.1, 0.15) is 0 Å². The molecule has 0 aromatic rings. The van der Waals surface area contributed by atoms with Crippen molar-refractivity contribution in [3.8, 4) is 0 Å². The normalized spacial score (nSPS) is 16.5. The van der Waals surface area contributed by atoms with Crippen molar-refractivity contribution >= 4 is 11.8 Å². The fraction of sp³-hybridized carbons (Fsp3) is 0.667. The number of Topliss-reactive ketones (excluding diaryl/α,β-unsaturated/α-hetero) is 1. The van der Waals surface area contributed by atoms with E-state index in [0.717, 1.165) is 12.8 Å². The maximum absolute atomic E-state index is 10.4. The average Bonchev–Trinajstić information content (AvgIpc) is 2.64. The Kier molecular flexibility index (Phi) is 2.01. The van der Waals surface area contributed by atoms with E-state index in [0.29, 0.717) is 0 Å². The number of nitrogens with one attached hydrogen (secondary N) is 1. The highest BCUT2D eigenvalue weighted by molar-refractivity contribution is 6.32. The average molecular weight is 143 g/mol. The maximum Gasteiger partial charge on any atom is 0.392 e. The molecule has 1 aliphatic rings. The minimum absolute atomic E-state index is 0.281. The highest BCUT2D eigenvalue weighted by Crippen LogP contribution is 2.18. The summed E-state index contributed by atoms with van der Waals surface area (Å²) in [4.78, 5) is 25.1. The van der Waals surface area contributed by atoms with Crippen LogP contribution in [0.5, 0.6) is 0 Å². The van der Waals surface area contributed by atoms with Crippen molar-refractivity contribution in [3.63, 3.8) is 0 Å². The van der Waals surface area contributed by atoms with Crippen LogP contribution in [0.2, 0.25) is 0 Å². The van der Waals surface area contributed by atoms with Gasteiger partial charge in [-0.25, -0.2) is 4.79 Å². The molecule has 4 heteroatoms. The van der Waals surface area contributed by atoms with Crippen LogP contribution < -0.4 is 5.48 Å². The van der Waals surface area contributed by atoms with E-state index in [9.17, 15) is 9.59 Å². The van der Waals surface area contributed by atoms with Crippen LogP contribution in [-0.4, -0.2) is 17.8 Å². The second-order valence-corrected chi connectivity index (χ2v) is 2.34. The Labute approximate surface area is 58.5 Å². The number of hydrogen-bond acceptors (Lipinski definition) is 4. The molecule has 0 amide bonds. The summed E-state index contributed by atoms with van der Waals surface area (Å²) in [5.41, 5.74) is 2.47. The summed E-state index contributed by atoms with van der Waals surface area (Å²) in [6.45, 7) is 1.18. The lowest BCUT2D eigenvalue weighted by Crippen LogP contribution is -2.25. The molecule has 0 bridgehead atoms. The third-order valence-electron chi connectivity index (χ3n) is 1.18. The Hall–Kier alpha value is -0.900. The summed E-state index contributed by atoms with van der Waals surface area (Å²) >= 11 is 0. The van der Waals surface area contributed by atoms with Gasteiger partial charge in [-0.3, -0.25) is 4.79 Å². The molecule has 0 aromatic carbocycles. The van der Waals surface area contributed by atoms with E-state index in [1.807, 2.05) is 0 Å². The van der Waals surface area contributed by atoms with E-state index in [1.165, 1.54) is 6.92 Å². The first kappa shape index (κ1) is 7.21. The Morgan fingerprint density at radius 1 is 1.50 bits per heavy atom. The second kappa shape index (κ2) is 2.79. The lowest BCUT2D eigenvalue weighted by atomic mass is 10.5. The highest BCUT2D eigenvalue weighted by Gasteiger charge is 2.23. The van der Waals surface area contributed by atoms with Crippen LogP contribution >= 0.6 is 0 Å². The number of hydroxylamine groups is 1. The molecule has 0 aliphatic heterocycles. The Balaban J connectivity index is 2.11. The second-order valence-electron chi connectivity index (χ2n) is 2.34. The van der Waals surface area contributed by atoms with E-state index < -0.39 is 11.8 Å². The van der Waals surface area contributed by atoms with E-state index >= 15 is 0 Å². The zero-order valence-corrected chi connectivity index (χ0v) is 5.72. The molecule has 1 saturated carbocycles. The zero-order chi connectivity index (χ0) is 7.56. The Bertz CT molecular complexity index is 162. The van der Waals surface area contributed by atoms with E-state index in [-0.39, 0.29) is 6.04 Å². The third kappa shape index (κ3) is 2.14. The van der Waals surface area contributed by atoms with Gasteiger partial charge in [0.05, 0.1) is 0 Å².